The van der Waals surface area contributed by atoms with E-state index in [0.29, 0.717) is 37.2 Å². The SMILES string of the molecule is N=C1SC2CS(=O)(=O)CC2N1c1ccc(S(=O)(=O)N2CCOCC2)cc1. The van der Waals surface area contributed by atoms with Gasteiger partial charge in [0, 0.05) is 24.0 Å². The van der Waals surface area contributed by atoms with E-state index < -0.39 is 19.9 Å². The topological polar surface area (TPSA) is 108 Å². The minimum absolute atomic E-state index is 0.0286. The molecule has 1 aromatic carbocycles. The number of sulfonamides is 1. The molecule has 3 saturated heterocycles. The van der Waals surface area contributed by atoms with Gasteiger partial charge in [0.25, 0.3) is 0 Å². The quantitative estimate of drug-likeness (QED) is 0.756. The van der Waals surface area contributed by atoms with Gasteiger partial charge in [0.2, 0.25) is 10.0 Å². The highest BCUT2D eigenvalue weighted by Gasteiger charge is 2.48. The van der Waals surface area contributed by atoms with E-state index >= 15 is 0 Å². The summed E-state index contributed by atoms with van der Waals surface area (Å²) in [6, 6.07) is 6.08. The van der Waals surface area contributed by atoms with Gasteiger partial charge in [-0.05, 0) is 24.3 Å². The van der Waals surface area contributed by atoms with Crippen molar-refractivity contribution < 1.29 is 21.6 Å². The number of amidine groups is 1. The highest BCUT2D eigenvalue weighted by molar-refractivity contribution is 8.15. The Labute approximate surface area is 157 Å². The number of morpholine rings is 1. The van der Waals surface area contributed by atoms with Crippen LogP contribution in [0.15, 0.2) is 29.2 Å². The predicted octanol–water partition coefficient (Wildman–Crippen LogP) is 0.361. The molecule has 0 spiro atoms. The molecular weight excluding hydrogens is 398 g/mol. The third-order valence-corrected chi connectivity index (χ3v) is 9.85. The largest absolute Gasteiger partial charge is 0.379 e. The molecule has 0 aromatic heterocycles. The van der Waals surface area contributed by atoms with Crippen LogP contribution in [0.2, 0.25) is 0 Å². The zero-order valence-corrected chi connectivity index (χ0v) is 16.3. The van der Waals surface area contributed by atoms with Gasteiger partial charge in [-0.15, -0.1) is 0 Å². The maximum atomic E-state index is 12.7. The molecule has 0 amide bonds. The first kappa shape index (κ1) is 18.2. The van der Waals surface area contributed by atoms with Gasteiger partial charge in [-0.25, -0.2) is 16.8 Å². The second-order valence-electron chi connectivity index (χ2n) is 6.49. The van der Waals surface area contributed by atoms with E-state index in [1.807, 2.05) is 0 Å². The fourth-order valence-electron chi connectivity index (χ4n) is 3.52. The summed E-state index contributed by atoms with van der Waals surface area (Å²) in [6.07, 6.45) is 0. The fraction of sp³-hybridized carbons (Fsp3) is 0.533. The summed E-state index contributed by atoms with van der Waals surface area (Å²) in [5.74, 6) is 0.117. The van der Waals surface area contributed by atoms with E-state index in [9.17, 15) is 16.8 Å². The molecule has 1 N–H and O–H groups in total. The van der Waals surface area contributed by atoms with Crippen molar-refractivity contribution in [3.8, 4) is 0 Å². The van der Waals surface area contributed by atoms with E-state index in [1.54, 1.807) is 17.0 Å². The Morgan fingerprint density at radius 2 is 1.77 bits per heavy atom. The van der Waals surface area contributed by atoms with Crippen LogP contribution in [0.25, 0.3) is 0 Å². The monoisotopic (exact) mass is 417 g/mol. The Kier molecular flexibility index (Phi) is 4.55. The van der Waals surface area contributed by atoms with Crippen LogP contribution in [-0.4, -0.2) is 75.4 Å². The van der Waals surface area contributed by atoms with Crippen LogP contribution in [-0.2, 0) is 24.6 Å². The van der Waals surface area contributed by atoms with Crippen LogP contribution in [0, 0.1) is 5.41 Å². The fourth-order valence-corrected chi connectivity index (χ4v) is 8.73. The van der Waals surface area contributed by atoms with Crippen molar-refractivity contribution in [3.63, 3.8) is 0 Å². The molecule has 0 bridgehead atoms. The number of hydrogen-bond donors (Lipinski definition) is 1. The number of hydrogen-bond acceptors (Lipinski definition) is 7. The summed E-state index contributed by atoms with van der Waals surface area (Å²) in [4.78, 5) is 1.89. The highest BCUT2D eigenvalue weighted by Crippen LogP contribution is 2.40. The third-order valence-electron chi connectivity index (χ3n) is 4.81. The lowest BCUT2D eigenvalue weighted by molar-refractivity contribution is 0.0730. The molecule has 1 aromatic rings. The molecule has 142 valence electrons. The number of nitrogens with zero attached hydrogens (tertiary/aromatic N) is 2. The molecule has 2 atom stereocenters. The van der Waals surface area contributed by atoms with E-state index in [1.165, 1.54) is 28.2 Å². The Hall–Kier alpha value is -1.14. The summed E-state index contributed by atoms with van der Waals surface area (Å²) in [7, 11) is -6.66. The predicted molar refractivity (Wildman–Crippen MR) is 100 cm³/mol. The molecule has 3 fully saturated rings. The molecule has 0 radical (unpaired) electrons. The number of fused-ring (bicyclic) bond motifs is 1. The maximum absolute atomic E-state index is 12.7. The van der Waals surface area contributed by atoms with E-state index in [-0.39, 0.29) is 27.7 Å². The number of nitrogens with one attached hydrogen (secondary N) is 1. The van der Waals surface area contributed by atoms with Crippen LogP contribution in [0.3, 0.4) is 0 Å². The molecule has 8 nitrogen and oxygen atoms in total. The molecule has 26 heavy (non-hydrogen) atoms. The van der Waals surface area contributed by atoms with Crippen molar-refractivity contribution in [1.82, 2.24) is 4.31 Å². The van der Waals surface area contributed by atoms with Gasteiger partial charge in [0.1, 0.15) is 0 Å². The lowest BCUT2D eigenvalue weighted by Crippen LogP contribution is -2.40. The van der Waals surface area contributed by atoms with Gasteiger partial charge >= 0.3 is 0 Å². The maximum Gasteiger partial charge on any atom is 0.243 e. The first-order valence-electron chi connectivity index (χ1n) is 8.21. The van der Waals surface area contributed by atoms with Gasteiger partial charge in [0.15, 0.2) is 15.0 Å². The van der Waals surface area contributed by atoms with Gasteiger partial charge in [-0.2, -0.15) is 4.31 Å². The first-order chi connectivity index (χ1) is 12.3. The van der Waals surface area contributed by atoms with E-state index in [4.69, 9.17) is 10.1 Å². The minimum atomic E-state index is -3.57. The number of ether oxygens (including phenoxy) is 1. The number of sulfone groups is 1. The van der Waals surface area contributed by atoms with Crippen molar-refractivity contribution in [2.75, 3.05) is 42.7 Å². The van der Waals surface area contributed by atoms with E-state index in [0.717, 1.165) is 0 Å². The number of rotatable bonds is 3. The summed E-state index contributed by atoms with van der Waals surface area (Å²) in [6.45, 7) is 1.44. The second-order valence-corrected chi connectivity index (χ2v) is 11.8. The van der Waals surface area contributed by atoms with Gasteiger partial charge in [-0.3, -0.25) is 5.41 Å². The van der Waals surface area contributed by atoms with Crippen molar-refractivity contribution in [3.05, 3.63) is 24.3 Å². The molecule has 3 aliphatic heterocycles. The average Bonchev–Trinajstić information content (AvgIpc) is 3.05. The summed E-state index contributed by atoms with van der Waals surface area (Å²) in [5.41, 5.74) is 0.646. The smallest absolute Gasteiger partial charge is 0.243 e. The average molecular weight is 418 g/mol. The Bertz CT molecular complexity index is 924. The van der Waals surface area contributed by atoms with Crippen molar-refractivity contribution in [2.24, 2.45) is 0 Å². The lowest BCUT2D eigenvalue weighted by atomic mass is 10.2. The van der Waals surface area contributed by atoms with Gasteiger partial charge in [0.05, 0.1) is 35.7 Å². The Morgan fingerprint density at radius 3 is 2.42 bits per heavy atom. The zero-order chi connectivity index (χ0) is 18.5. The van der Waals surface area contributed by atoms with Crippen LogP contribution >= 0.6 is 11.8 Å². The van der Waals surface area contributed by atoms with Crippen molar-refractivity contribution in [2.45, 2.75) is 16.2 Å². The van der Waals surface area contributed by atoms with Gasteiger partial charge < -0.3 is 9.64 Å². The summed E-state index contributed by atoms with van der Waals surface area (Å²) >= 11 is 1.26. The molecule has 4 rings (SSSR count). The number of benzene rings is 1. The minimum Gasteiger partial charge on any atom is -0.379 e. The molecule has 3 heterocycles. The normalized spacial score (nSPS) is 29.1. The summed E-state index contributed by atoms with van der Waals surface area (Å²) < 4.78 is 55.7. The van der Waals surface area contributed by atoms with Crippen LogP contribution < -0.4 is 4.90 Å². The molecule has 3 aliphatic rings. The number of thioether (sulfide) groups is 1. The molecule has 0 saturated carbocycles. The summed E-state index contributed by atoms with van der Waals surface area (Å²) in [5, 5.41) is 8.33. The van der Waals surface area contributed by atoms with Crippen LogP contribution in [0.5, 0.6) is 0 Å². The molecule has 11 heteroatoms. The van der Waals surface area contributed by atoms with Crippen molar-refractivity contribution >= 4 is 42.5 Å². The number of anilines is 1. The molecular formula is C15H19N3O5S3. The van der Waals surface area contributed by atoms with Crippen LogP contribution in [0.4, 0.5) is 5.69 Å². The standard InChI is InChI=1S/C15H19N3O5S3/c16-15-18(13-9-25(19,20)10-14(13)24-15)11-1-3-12(4-2-11)26(21,22)17-5-7-23-8-6-17/h1-4,13-14,16H,5-10H2. The van der Waals surface area contributed by atoms with Crippen LogP contribution in [0.1, 0.15) is 0 Å². The zero-order valence-electron chi connectivity index (χ0n) is 13.9. The molecule has 0 aliphatic carbocycles. The Balaban J connectivity index is 1.59. The second kappa shape index (κ2) is 6.48. The van der Waals surface area contributed by atoms with Crippen molar-refractivity contribution in [1.29, 1.82) is 5.41 Å². The molecule has 2 unspecified atom stereocenters. The van der Waals surface area contributed by atoms with Gasteiger partial charge in [-0.1, -0.05) is 11.8 Å². The third kappa shape index (κ3) is 3.15. The highest BCUT2D eigenvalue weighted by atomic mass is 32.2. The first-order valence-corrected chi connectivity index (χ1v) is 12.3. The van der Waals surface area contributed by atoms with E-state index in [2.05, 4.69) is 0 Å². The Morgan fingerprint density at radius 1 is 1.12 bits per heavy atom. The lowest BCUT2D eigenvalue weighted by Gasteiger charge is -2.27.